The van der Waals surface area contributed by atoms with Crippen molar-refractivity contribution in [1.82, 2.24) is 4.90 Å². The highest BCUT2D eigenvalue weighted by atomic mass is 32.1. The van der Waals surface area contributed by atoms with Crippen LogP contribution in [0.25, 0.3) is 0 Å². The van der Waals surface area contributed by atoms with Gasteiger partial charge in [0.2, 0.25) is 0 Å². The van der Waals surface area contributed by atoms with Crippen molar-refractivity contribution in [3.05, 3.63) is 51.4 Å². The van der Waals surface area contributed by atoms with Crippen molar-refractivity contribution in [3.8, 4) is 0 Å². The number of aromatic carboxylic acids is 1. The fourth-order valence-corrected chi connectivity index (χ4v) is 4.28. The van der Waals surface area contributed by atoms with E-state index in [1.807, 2.05) is 19.1 Å². The predicted octanol–water partition coefficient (Wildman–Crippen LogP) is 3.39. The molecule has 1 aliphatic rings. The molecule has 1 aromatic heterocycles. The number of anilines is 1. The molecule has 0 radical (unpaired) electrons. The fourth-order valence-electron chi connectivity index (χ4n) is 3.00. The van der Waals surface area contributed by atoms with E-state index in [0.717, 1.165) is 35.6 Å². The van der Waals surface area contributed by atoms with Crippen LogP contribution in [0.3, 0.4) is 0 Å². The van der Waals surface area contributed by atoms with Crippen molar-refractivity contribution in [1.29, 1.82) is 0 Å². The summed E-state index contributed by atoms with van der Waals surface area (Å²) < 4.78 is 0. The number of rotatable bonds is 4. The Morgan fingerprint density at radius 2 is 2.17 bits per heavy atom. The van der Waals surface area contributed by atoms with Gasteiger partial charge in [-0.05, 0) is 37.6 Å². The Bertz CT molecular complexity index is 798. The minimum absolute atomic E-state index is 0.256. The first-order valence-electron chi connectivity index (χ1n) is 7.97. The number of thiophene rings is 1. The molecule has 0 aliphatic carbocycles. The highest BCUT2D eigenvalue weighted by molar-refractivity contribution is 7.17. The molecule has 3 rings (SSSR count). The average Bonchev–Trinajstić information content (AvgIpc) is 2.91. The lowest BCUT2D eigenvalue weighted by atomic mass is 10.0. The Balaban J connectivity index is 1.92. The predicted molar refractivity (Wildman–Crippen MR) is 95.1 cm³/mol. The summed E-state index contributed by atoms with van der Waals surface area (Å²) in [5.41, 5.74) is 2.65. The molecule has 6 heteroatoms. The summed E-state index contributed by atoms with van der Waals surface area (Å²) in [5.74, 6) is -1.25. The number of nitrogens with one attached hydrogen (secondary N) is 1. The molecular weight excluding hydrogens is 324 g/mol. The number of carboxylic acid groups (broad SMARTS) is 1. The van der Waals surface area contributed by atoms with Gasteiger partial charge in [0.1, 0.15) is 5.00 Å². The topological polar surface area (TPSA) is 69.6 Å². The van der Waals surface area contributed by atoms with Crippen molar-refractivity contribution in [3.63, 3.8) is 0 Å². The Hall–Kier alpha value is -2.18. The monoisotopic (exact) mass is 344 g/mol. The lowest BCUT2D eigenvalue weighted by molar-refractivity contribution is 0.0696. The normalized spacial score (nSPS) is 14.2. The quantitative estimate of drug-likeness (QED) is 0.892. The molecule has 0 bridgehead atoms. The maximum Gasteiger partial charge on any atom is 0.339 e. The zero-order valence-corrected chi connectivity index (χ0v) is 14.6. The Labute approximate surface area is 144 Å². The molecule has 1 aliphatic heterocycles. The van der Waals surface area contributed by atoms with E-state index in [-0.39, 0.29) is 11.5 Å². The van der Waals surface area contributed by atoms with Gasteiger partial charge in [-0.25, -0.2) is 4.79 Å². The standard InChI is InChI=1S/C18H20N2O3S/c1-3-20-8-7-13-14(10-20)24-17(15(13)18(22)23)19-16(21)12-6-4-5-11(2)9-12/h4-6,9H,3,7-8,10H2,1-2H3,(H,19,21)(H,22,23). The van der Waals surface area contributed by atoms with Crippen molar-refractivity contribution in [2.45, 2.75) is 26.8 Å². The van der Waals surface area contributed by atoms with Gasteiger partial charge in [-0.15, -0.1) is 11.3 Å². The number of nitrogens with zero attached hydrogens (tertiary/aromatic N) is 1. The van der Waals surface area contributed by atoms with E-state index < -0.39 is 5.97 Å². The smallest absolute Gasteiger partial charge is 0.339 e. The highest BCUT2D eigenvalue weighted by Crippen LogP contribution is 2.37. The zero-order valence-electron chi connectivity index (χ0n) is 13.8. The number of carbonyl (C=O) groups excluding carboxylic acids is 1. The summed E-state index contributed by atoms with van der Waals surface area (Å²) in [7, 11) is 0. The van der Waals surface area contributed by atoms with E-state index in [0.29, 0.717) is 17.0 Å². The van der Waals surface area contributed by atoms with Gasteiger partial charge < -0.3 is 10.4 Å². The summed E-state index contributed by atoms with van der Waals surface area (Å²) in [4.78, 5) is 27.5. The van der Waals surface area contributed by atoms with Gasteiger partial charge in [-0.1, -0.05) is 24.6 Å². The maximum absolute atomic E-state index is 12.5. The SMILES string of the molecule is CCN1CCc2c(sc(NC(=O)c3cccc(C)c3)c2C(=O)O)C1. The van der Waals surface area contributed by atoms with E-state index in [1.54, 1.807) is 12.1 Å². The van der Waals surface area contributed by atoms with Crippen molar-refractivity contribution in [2.75, 3.05) is 18.4 Å². The zero-order chi connectivity index (χ0) is 17.3. The molecule has 24 heavy (non-hydrogen) atoms. The molecule has 2 aromatic rings. The van der Waals surface area contributed by atoms with Crippen LogP contribution in [0.1, 0.15) is 43.6 Å². The van der Waals surface area contributed by atoms with Crippen LogP contribution in [0.4, 0.5) is 5.00 Å². The van der Waals surface area contributed by atoms with Gasteiger partial charge in [0.15, 0.2) is 0 Å². The second-order valence-electron chi connectivity index (χ2n) is 5.96. The van der Waals surface area contributed by atoms with Crippen LogP contribution >= 0.6 is 11.3 Å². The largest absolute Gasteiger partial charge is 0.478 e. The average molecular weight is 344 g/mol. The summed E-state index contributed by atoms with van der Waals surface area (Å²) in [5, 5.41) is 12.9. The number of amides is 1. The molecule has 1 amide bonds. The van der Waals surface area contributed by atoms with Crippen molar-refractivity contribution in [2.24, 2.45) is 0 Å². The molecule has 0 atom stereocenters. The number of carboxylic acids is 1. The van der Waals surface area contributed by atoms with Crippen LogP contribution in [0.2, 0.25) is 0 Å². The van der Waals surface area contributed by atoms with E-state index in [2.05, 4.69) is 17.1 Å². The van der Waals surface area contributed by atoms with Gasteiger partial charge in [0.25, 0.3) is 5.91 Å². The number of likely N-dealkylation sites (N-methyl/N-ethyl adjacent to an activating group) is 1. The molecular formula is C18H20N2O3S. The first-order chi connectivity index (χ1) is 11.5. The van der Waals surface area contributed by atoms with Gasteiger partial charge in [0.05, 0.1) is 5.56 Å². The number of carbonyl (C=O) groups is 2. The minimum Gasteiger partial charge on any atom is -0.478 e. The molecule has 0 saturated heterocycles. The molecule has 126 valence electrons. The second-order valence-corrected chi connectivity index (χ2v) is 7.06. The number of benzene rings is 1. The summed E-state index contributed by atoms with van der Waals surface area (Å²) >= 11 is 1.38. The van der Waals surface area contributed by atoms with Gasteiger partial charge in [-0.2, -0.15) is 0 Å². The summed E-state index contributed by atoms with van der Waals surface area (Å²) in [6.45, 7) is 6.55. The Kier molecular flexibility index (Phi) is 4.69. The minimum atomic E-state index is -0.975. The third-order valence-electron chi connectivity index (χ3n) is 4.30. The van der Waals surface area contributed by atoms with E-state index >= 15 is 0 Å². The first kappa shape index (κ1) is 16.7. The highest BCUT2D eigenvalue weighted by Gasteiger charge is 2.28. The second kappa shape index (κ2) is 6.75. The van der Waals surface area contributed by atoms with Gasteiger partial charge in [-0.3, -0.25) is 9.69 Å². The molecule has 1 aromatic carbocycles. The van der Waals surface area contributed by atoms with Crippen LogP contribution in [0, 0.1) is 6.92 Å². The third kappa shape index (κ3) is 3.20. The van der Waals surface area contributed by atoms with Crippen molar-refractivity contribution < 1.29 is 14.7 Å². The Morgan fingerprint density at radius 1 is 1.38 bits per heavy atom. The lowest BCUT2D eigenvalue weighted by Crippen LogP contribution is -2.29. The van der Waals surface area contributed by atoms with Crippen molar-refractivity contribution >= 4 is 28.2 Å². The molecule has 0 saturated carbocycles. The van der Waals surface area contributed by atoms with Crippen LogP contribution in [-0.2, 0) is 13.0 Å². The first-order valence-corrected chi connectivity index (χ1v) is 8.79. The molecule has 0 unspecified atom stereocenters. The molecule has 5 nitrogen and oxygen atoms in total. The number of aryl methyl sites for hydroxylation is 1. The molecule has 0 fully saturated rings. The third-order valence-corrected chi connectivity index (χ3v) is 5.44. The molecule has 2 heterocycles. The van der Waals surface area contributed by atoms with Crippen LogP contribution in [0.15, 0.2) is 24.3 Å². The van der Waals surface area contributed by atoms with E-state index in [1.165, 1.54) is 11.3 Å². The Morgan fingerprint density at radius 3 is 2.83 bits per heavy atom. The van der Waals surface area contributed by atoms with Crippen LogP contribution in [0.5, 0.6) is 0 Å². The summed E-state index contributed by atoms with van der Waals surface area (Å²) in [6.07, 6.45) is 0.710. The number of hydrogen-bond acceptors (Lipinski definition) is 4. The number of fused-ring (bicyclic) bond motifs is 1. The molecule has 0 spiro atoms. The number of hydrogen-bond donors (Lipinski definition) is 2. The fraction of sp³-hybridized carbons (Fsp3) is 0.333. The maximum atomic E-state index is 12.5. The van der Waals surface area contributed by atoms with Gasteiger partial charge in [0, 0.05) is 23.5 Å². The van der Waals surface area contributed by atoms with Crippen LogP contribution in [-0.4, -0.2) is 35.0 Å². The summed E-state index contributed by atoms with van der Waals surface area (Å²) in [6, 6.07) is 7.26. The van der Waals surface area contributed by atoms with Crippen LogP contribution < -0.4 is 5.32 Å². The van der Waals surface area contributed by atoms with E-state index in [4.69, 9.17) is 0 Å². The molecule has 2 N–H and O–H groups in total. The van der Waals surface area contributed by atoms with Gasteiger partial charge >= 0.3 is 5.97 Å². The lowest BCUT2D eigenvalue weighted by Gasteiger charge is -2.25. The van der Waals surface area contributed by atoms with E-state index in [9.17, 15) is 14.7 Å².